The van der Waals surface area contributed by atoms with Gasteiger partial charge in [-0.05, 0) is 42.7 Å². The number of benzene rings is 2. The molecule has 2 aromatic carbocycles. The van der Waals surface area contributed by atoms with Crippen molar-refractivity contribution in [3.8, 4) is 17.9 Å². The van der Waals surface area contributed by atoms with E-state index >= 15 is 0 Å². The van der Waals surface area contributed by atoms with Gasteiger partial charge in [-0.15, -0.1) is 0 Å². The van der Waals surface area contributed by atoms with Crippen LogP contribution in [0.1, 0.15) is 30.9 Å². The van der Waals surface area contributed by atoms with E-state index in [9.17, 15) is 0 Å². The predicted molar refractivity (Wildman–Crippen MR) is 105 cm³/mol. The molecule has 130 valence electrons. The van der Waals surface area contributed by atoms with Crippen LogP contribution in [0.3, 0.4) is 0 Å². The number of hydrogen-bond acceptors (Lipinski definition) is 3. The fraction of sp³-hybridized carbons (Fsp3) is 0.238. The summed E-state index contributed by atoms with van der Waals surface area (Å²) in [5.41, 5.74) is 2.15. The second-order valence-electron chi connectivity index (χ2n) is 5.98. The molecule has 0 aliphatic heterocycles. The van der Waals surface area contributed by atoms with E-state index < -0.39 is 0 Å². The highest BCUT2D eigenvalue weighted by atomic mass is 79.9. The number of nitrogens with zero attached hydrogens (tertiary/aromatic N) is 3. The van der Waals surface area contributed by atoms with Crippen LogP contribution in [0.25, 0.3) is 10.9 Å². The van der Waals surface area contributed by atoms with Crippen LogP contribution in [-0.2, 0) is 0 Å². The fourth-order valence-corrected chi connectivity index (χ4v) is 3.64. The molecule has 1 aromatic heterocycles. The fourth-order valence-electron chi connectivity index (χ4n) is 3.23. The smallest absolute Gasteiger partial charge is 0.174 e. The number of ether oxygens (including phenoxy) is 1. The molecule has 5 heteroatoms. The first kappa shape index (κ1) is 18.0. The van der Waals surface area contributed by atoms with Gasteiger partial charge in [0.2, 0.25) is 0 Å². The third-order valence-corrected chi connectivity index (χ3v) is 4.82. The predicted octanol–water partition coefficient (Wildman–Crippen LogP) is 5.59. The average molecular weight is 408 g/mol. The van der Waals surface area contributed by atoms with Gasteiger partial charge < -0.3 is 9.30 Å². The molecular weight excluding hydrogens is 390 g/mol. The summed E-state index contributed by atoms with van der Waals surface area (Å²) in [7, 11) is 0. The van der Waals surface area contributed by atoms with E-state index in [2.05, 4.69) is 51.0 Å². The number of aromatic nitrogens is 1. The lowest BCUT2D eigenvalue weighted by molar-refractivity contribution is 0.369. The molecule has 0 aliphatic rings. The molecule has 1 atom stereocenters. The molecule has 0 saturated heterocycles. The van der Waals surface area contributed by atoms with Crippen molar-refractivity contribution in [2.24, 2.45) is 0 Å². The lowest BCUT2D eigenvalue weighted by atomic mass is 10.0. The summed E-state index contributed by atoms with van der Waals surface area (Å²) in [6.45, 7) is 0.0142. The molecule has 4 nitrogen and oxygen atoms in total. The van der Waals surface area contributed by atoms with Crippen molar-refractivity contribution in [2.45, 2.75) is 25.3 Å². The minimum Gasteiger partial charge on any atom is -0.477 e. The quantitative estimate of drug-likeness (QED) is 0.479. The van der Waals surface area contributed by atoms with Crippen molar-refractivity contribution >= 4 is 26.8 Å². The molecular formula is C21H18BrN3O. The Morgan fingerprint density at radius 1 is 1.08 bits per heavy atom. The Balaban J connectivity index is 2.08. The van der Waals surface area contributed by atoms with Gasteiger partial charge in [0.25, 0.3) is 0 Å². The lowest BCUT2D eigenvalue weighted by Crippen LogP contribution is -2.10. The maximum Gasteiger partial charge on any atom is 0.174 e. The first-order valence-corrected chi connectivity index (χ1v) is 9.25. The van der Waals surface area contributed by atoms with Crippen molar-refractivity contribution in [1.29, 1.82) is 10.5 Å². The zero-order chi connectivity index (χ0) is 18.4. The first-order valence-electron chi connectivity index (χ1n) is 8.46. The molecule has 1 heterocycles. The topological polar surface area (TPSA) is 61.7 Å². The average Bonchev–Trinajstić information content (AvgIpc) is 3.08. The van der Waals surface area contributed by atoms with Gasteiger partial charge in [0.05, 0.1) is 17.6 Å². The highest BCUT2D eigenvalue weighted by molar-refractivity contribution is 9.10. The summed E-state index contributed by atoms with van der Waals surface area (Å²) in [4.78, 5) is 0. The van der Waals surface area contributed by atoms with Gasteiger partial charge in [0.15, 0.2) is 6.61 Å². The van der Waals surface area contributed by atoms with Crippen LogP contribution in [0, 0.1) is 22.7 Å². The minimum absolute atomic E-state index is 0.0142. The molecule has 0 spiro atoms. The highest BCUT2D eigenvalue weighted by Gasteiger charge is 2.18. The van der Waals surface area contributed by atoms with E-state index in [1.54, 1.807) is 0 Å². The van der Waals surface area contributed by atoms with Gasteiger partial charge in [-0.1, -0.05) is 40.2 Å². The zero-order valence-electron chi connectivity index (χ0n) is 14.2. The number of fused-ring (bicyclic) bond motifs is 1. The Kier molecular flexibility index (Phi) is 5.94. The van der Waals surface area contributed by atoms with Crippen molar-refractivity contribution in [3.63, 3.8) is 0 Å². The Morgan fingerprint density at radius 3 is 2.69 bits per heavy atom. The van der Waals surface area contributed by atoms with E-state index in [1.165, 1.54) is 5.56 Å². The third kappa shape index (κ3) is 3.90. The van der Waals surface area contributed by atoms with Crippen LogP contribution < -0.4 is 4.74 Å². The normalized spacial score (nSPS) is 11.7. The van der Waals surface area contributed by atoms with E-state index in [0.717, 1.165) is 28.2 Å². The Labute approximate surface area is 161 Å². The van der Waals surface area contributed by atoms with Crippen LogP contribution in [0.5, 0.6) is 5.75 Å². The summed E-state index contributed by atoms with van der Waals surface area (Å²) in [6.07, 6.45) is 4.25. The summed E-state index contributed by atoms with van der Waals surface area (Å²) < 4.78 is 8.88. The summed E-state index contributed by atoms with van der Waals surface area (Å²) in [5, 5.41) is 18.9. The molecule has 0 radical (unpaired) electrons. The van der Waals surface area contributed by atoms with Crippen LogP contribution in [0.2, 0.25) is 0 Å². The highest BCUT2D eigenvalue weighted by Crippen LogP contribution is 2.34. The van der Waals surface area contributed by atoms with Crippen LogP contribution in [-0.4, -0.2) is 11.2 Å². The number of halogens is 1. The molecule has 0 amide bonds. The molecule has 0 aliphatic carbocycles. The van der Waals surface area contributed by atoms with Gasteiger partial charge in [-0.25, -0.2) is 0 Å². The Morgan fingerprint density at radius 2 is 1.92 bits per heavy atom. The second kappa shape index (κ2) is 8.56. The van der Waals surface area contributed by atoms with Crippen molar-refractivity contribution < 1.29 is 4.74 Å². The third-order valence-electron chi connectivity index (χ3n) is 4.33. The lowest BCUT2D eigenvalue weighted by Gasteiger charge is -2.22. The molecule has 0 saturated carbocycles. The van der Waals surface area contributed by atoms with E-state index in [1.807, 2.05) is 36.4 Å². The zero-order valence-corrected chi connectivity index (χ0v) is 15.8. The second-order valence-corrected chi connectivity index (χ2v) is 6.90. The van der Waals surface area contributed by atoms with Crippen molar-refractivity contribution in [3.05, 3.63) is 64.8 Å². The Bertz CT molecular complexity index is 981. The van der Waals surface area contributed by atoms with Crippen LogP contribution in [0.4, 0.5) is 0 Å². The molecule has 0 unspecified atom stereocenters. The standard InChI is InChI=1S/C21H18BrN3O/c22-18-7-3-6-17(15-18)19(8-1-2-11-23)25-13-10-16-5-4-9-20(21(16)25)26-14-12-24/h3-7,9-10,13,15,19H,1-2,8,14H2/t19-/m0/s1. The van der Waals surface area contributed by atoms with Gasteiger partial charge in [-0.2, -0.15) is 10.5 Å². The van der Waals surface area contributed by atoms with Gasteiger partial charge in [0, 0.05) is 22.5 Å². The number of rotatable bonds is 7. The van der Waals surface area contributed by atoms with Gasteiger partial charge in [0.1, 0.15) is 11.8 Å². The van der Waals surface area contributed by atoms with E-state index in [4.69, 9.17) is 15.3 Å². The van der Waals surface area contributed by atoms with Crippen LogP contribution >= 0.6 is 15.9 Å². The summed E-state index contributed by atoms with van der Waals surface area (Å²) in [6, 6.07) is 20.5. The summed E-state index contributed by atoms with van der Waals surface area (Å²) in [5.74, 6) is 0.703. The van der Waals surface area contributed by atoms with E-state index in [-0.39, 0.29) is 12.6 Å². The number of para-hydroxylation sites is 1. The van der Waals surface area contributed by atoms with Gasteiger partial charge in [-0.3, -0.25) is 0 Å². The van der Waals surface area contributed by atoms with Gasteiger partial charge >= 0.3 is 0 Å². The molecule has 3 aromatic rings. The Hall–Kier alpha value is -2.76. The maximum atomic E-state index is 8.92. The van der Waals surface area contributed by atoms with Crippen LogP contribution in [0.15, 0.2) is 59.2 Å². The largest absolute Gasteiger partial charge is 0.477 e. The monoisotopic (exact) mass is 407 g/mol. The number of hydrogen-bond donors (Lipinski definition) is 0. The minimum atomic E-state index is 0.0142. The first-order chi connectivity index (χ1) is 12.7. The van der Waals surface area contributed by atoms with Crippen molar-refractivity contribution in [1.82, 2.24) is 4.57 Å². The molecule has 0 fully saturated rings. The summed E-state index contributed by atoms with van der Waals surface area (Å²) >= 11 is 3.55. The van der Waals surface area contributed by atoms with Crippen molar-refractivity contribution in [2.75, 3.05) is 6.61 Å². The molecule has 26 heavy (non-hydrogen) atoms. The molecule has 3 rings (SSSR count). The molecule has 0 N–H and O–H groups in total. The number of nitriles is 2. The maximum absolute atomic E-state index is 8.92. The molecule has 0 bridgehead atoms. The SMILES string of the molecule is N#CCCC[C@@H](c1cccc(Br)c1)n1ccc2cccc(OCC#N)c21. The number of unbranched alkanes of at least 4 members (excludes halogenated alkanes) is 1. The van der Waals surface area contributed by atoms with E-state index in [0.29, 0.717) is 12.2 Å².